The molecule has 0 aromatic carbocycles. The lowest BCUT2D eigenvalue weighted by Crippen LogP contribution is -2.71. The largest absolute Gasteiger partial charge is 0.338 e. The lowest BCUT2D eigenvalue weighted by Gasteiger charge is -2.48. The predicted octanol–water partition coefficient (Wildman–Crippen LogP) is 0.919. The van der Waals surface area contributed by atoms with Gasteiger partial charge in [0.25, 0.3) is 0 Å². The minimum atomic E-state index is -0.0535. The molecule has 1 aliphatic heterocycles. The Bertz CT molecular complexity index is 244. The van der Waals surface area contributed by atoms with Gasteiger partial charge in [-0.25, -0.2) is 4.79 Å². The zero-order valence-corrected chi connectivity index (χ0v) is 9.46. The van der Waals surface area contributed by atoms with E-state index in [-0.39, 0.29) is 11.6 Å². The fraction of sp³-hybridized carbons (Fsp3) is 0.909. The summed E-state index contributed by atoms with van der Waals surface area (Å²) in [6.07, 6.45) is 4.67. The Kier molecular flexibility index (Phi) is 2.87. The molecule has 0 aromatic rings. The van der Waals surface area contributed by atoms with Gasteiger partial charge in [-0.2, -0.15) is 0 Å². The second-order valence-corrected chi connectivity index (χ2v) is 4.95. The van der Waals surface area contributed by atoms with E-state index in [1.807, 2.05) is 4.90 Å². The number of nitrogens with zero attached hydrogens (tertiary/aromatic N) is 1. The monoisotopic (exact) mass is 211 g/mol. The number of nitrogens with one attached hydrogen (secondary N) is 1. The van der Waals surface area contributed by atoms with Crippen molar-refractivity contribution in [3.8, 4) is 0 Å². The van der Waals surface area contributed by atoms with Crippen molar-refractivity contribution in [2.45, 2.75) is 38.1 Å². The van der Waals surface area contributed by atoms with E-state index in [2.05, 4.69) is 12.2 Å². The van der Waals surface area contributed by atoms with Crippen LogP contribution in [-0.2, 0) is 0 Å². The molecule has 86 valence electrons. The number of unbranched alkanes of at least 4 members (excludes halogenated alkanes) is 1. The Balaban J connectivity index is 1.67. The topological polar surface area (TPSA) is 58.4 Å². The van der Waals surface area contributed by atoms with Crippen LogP contribution in [-0.4, -0.2) is 36.1 Å². The van der Waals surface area contributed by atoms with Crippen molar-refractivity contribution in [2.24, 2.45) is 11.7 Å². The number of amides is 2. The fourth-order valence-electron chi connectivity index (χ4n) is 2.21. The maximum Gasteiger partial charge on any atom is 0.317 e. The fourth-order valence-corrected chi connectivity index (χ4v) is 2.21. The van der Waals surface area contributed by atoms with Crippen molar-refractivity contribution in [1.29, 1.82) is 0 Å². The van der Waals surface area contributed by atoms with Crippen LogP contribution in [0.5, 0.6) is 0 Å². The third kappa shape index (κ3) is 2.25. The summed E-state index contributed by atoms with van der Waals surface area (Å²) < 4.78 is 0. The summed E-state index contributed by atoms with van der Waals surface area (Å²) >= 11 is 0. The van der Waals surface area contributed by atoms with Crippen molar-refractivity contribution in [1.82, 2.24) is 10.2 Å². The quantitative estimate of drug-likeness (QED) is 0.679. The Labute approximate surface area is 91.2 Å². The lowest BCUT2D eigenvalue weighted by atomic mass is 9.86. The molecule has 2 amide bonds. The van der Waals surface area contributed by atoms with Gasteiger partial charge in [-0.15, -0.1) is 0 Å². The van der Waals surface area contributed by atoms with E-state index in [1.165, 1.54) is 12.8 Å². The van der Waals surface area contributed by atoms with Crippen LogP contribution in [0.1, 0.15) is 32.6 Å². The van der Waals surface area contributed by atoms with Crippen LogP contribution in [0.15, 0.2) is 0 Å². The summed E-state index contributed by atoms with van der Waals surface area (Å²) in [5.74, 6) is 0.678. The number of rotatable bonds is 4. The number of urea groups is 1. The Morgan fingerprint density at radius 2 is 2.20 bits per heavy atom. The molecular weight excluding hydrogens is 190 g/mol. The summed E-state index contributed by atoms with van der Waals surface area (Å²) in [5, 5.41) is 2.91. The Morgan fingerprint density at radius 1 is 1.53 bits per heavy atom. The van der Waals surface area contributed by atoms with Crippen LogP contribution in [0, 0.1) is 5.92 Å². The number of nitrogens with two attached hydrogens (primary N) is 1. The molecule has 0 unspecified atom stereocenters. The average Bonchev–Trinajstić information content (AvgIpc) is 2.96. The first-order chi connectivity index (χ1) is 7.15. The molecule has 0 radical (unpaired) electrons. The number of hydrogen-bond donors (Lipinski definition) is 2. The second kappa shape index (κ2) is 4.00. The molecule has 4 nitrogen and oxygen atoms in total. The molecule has 0 atom stereocenters. The molecule has 0 spiro atoms. The van der Waals surface area contributed by atoms with E-state index in [4.69, 9.17) is 5.73 Å². The molecule has 2 rings (SSSR count). The van der Waals surface area contributed by atoms with E-state index in [1.54, 1.807) is 0 Å². The van der Waals surface area contributed by atoms with E-state index >= 15 is 0 Å². The van der Waals surface area contributed by atoms with Gasteiger partial charge in [-0.1, -0.05) is 13.3 Å². The van der Waals surface area contributed by atoms with Crippen molar-refractivity contribution in [3.05, 3.63) is 0 Å². The van der Waals surface area contributed by atoms with Gasteiger partial charge < -0.3 is 16.0 Å². The number of hydrogen-bond acceptors (Lipinski definition) is 2. The van der Waals surface area contributed by atoms with Crippen molar-refractivity contribution >= 4 is 6.03 Å². The smallest absolute Gasteiger partial charge is 0.317 e. The number of likely N-dealkylation sites (tertiary alicyclic amines) is 1. The first kappa shape index (κ1) is 10.7. The lowest BCUT2D eigenvalue weighted by molar-refractivity contribution is 0.0819. The zero-order chi connectivity index (χ0) is 10.9. The summed E-state index contributed by atoms with van der Waals surface area (Å²) in [4.78, 5) is 13.4. The van der Waals surface area contributed by atoms with Crippen LogP contribution in [0.2, 0.25) is 0 Å². The molecule has 1 heterocycles. The summed E-state index contributed by atoms with van der Waals surface area (Å²) in [6.45, 7) is 4.39. The molecule has 2 fully saturated rings. The second-order valence-electron chi connectivity index (χ2n) is 4.95. The molecule has 0 aromatic heterocycles. The standard InChI is InChI=1S/C11H21N3O/c1-2-3-6-13-10(15)14-7-11(12,8-14)9-4-5-9/h9H,2-8,12H2,1H3,(H,13,15). The van der Waals surface area contributed by atoms with Crippen LogP contribution < -0.4 is 11.1 Å². The zero-order valence-electron chi connectivity index (χ0n) is 9.46. The van der Waals surface area contributed by atoms with Gasteiger partial charge in [0.15, 0.2) is 0 Å². The minimum Gasteiger partial charge on any atom is -0.338 e. The molecule has 0 bridgehead atoms. The predicted molar refractivity (Wildman–Crippen MR) is 59.5 cm³/mol. The Hall–Kier alpha value is -0.770. The summed E-state index contributed by atoms with van der Waals surface area (Å²) in [5.41, 5.74) is 6.12. The molecule has 4 heteroatoms. The molecular formula is C11H21N3O. The summed E-state index contributed by atoms with van der Waals surface area (Å²) in [6, 6.07) is 0.0603. The van der Waals surface area contributed by atoms with Gasteiger partial charge in [0, 0.05) is 19.6 Å². The SMILES string of the molecule is CCCCNC(=O)N1CC(N)(C2CC2)C1. The van der Waals surface area contributed by atoms with Gasteiger partial charge in [0.1, 0.15) is 0 Å². The van der Waals surface area contributed by atoms with Gasteiger partial charge in [0.05, 0.1) is 5.54 Å². The maximum absolute atomic E-state index is 11.6. The van der Waals surface area contributed by atoms with E-state index < -0.39 is 0 Å². The van der Waals surface area contributed by atoms with Crippen LogP contribution in [0.3, 0.4) is 0 Å². The van der Waals surface area contributed by atoms with Gasteiger partial charge in [-0.05, 0) is 25.2 Å². The van der Waals surface area contributed by atoms with Crippen molar-refractivity contribution < 1.29 is 4.79 Å². The normalized spacial score (nSPS) is 23.5. The maximum atomic E-state index is 11.6. The highest BCUT2D eigenvalue weighted by Gasteiger charge is 2.51. The first-order valence-electron chi connectivity index (χ1n) is 5.97. The highest BCUT2D eigenvalue weighted by atomic mass is 16.2. The Morgan fingerprint density at radius 3 is 2.73 bits per heavy atom. The molecule has 3 N–H and O–H groups in total. The molecule has 15 heavy (non-hydrogen) atoms. The highest BCUT2D eigenvalue weighted by molar-refractivity contribution is 5.75. The van der Waals surface area contributed by atoms with Crippen LogP contribution in [0.25, 0.3) is 0 Å². The number of carbonyl (C=O) groups excluding carboxylic acids is 1. The first-order valence-corrected chi connectivity index (χ1v) is 5.97. The van der Waals surface area contributed by atoms with Crippen LogP contribution >= 0.6 is 0 Å². The molecule has 1 aliphatic carbocycles. The van der Waals surface area contributed by atoms with Crippen molar-refractivity contribution in [3.63, 3.8) is 0 Å². The van der Waals surface area contributed by atoms with E-state index in [9.17, 15) is 4.79 Å². The van der Waals surface area contributed by atoms with Gasteiger partial charge in [-0.3, -0.25) is 0 Å². The van der Waals surface area contributed by atoms with E-state index in [0.717, 1.165) is 32.5 Å². The molecule has 1 saturated heterocycles. The van der Waals surface area contributed by atoms with E-state index in [0.29, 0.717) is 5.92 Å². The molecule has 1 saturated carbocycles. The van der Waals surface area contributed by atoms with Crippen LogP contribution in [0.4, 0.5) is 4.79 Å². The number of carbonyl (C=O) groups is 1. The van der Waals surface area contributed by atoms with Crippen molar-refractivity contribution in [2.75, 3.05) is 19.6 Å². The van der Waals surface area contributed by atoms with Gasteiger partial charge in [0.2, 0.25) is 0 Å². The highest BCUT2D eigenvalue weighted by Crippen LogP contribution is 2.42. The third-order valence-corrected chi connectivity index (χ3v) is 3.45. The van der Waals surface area contributed by atoms with Gasteiger partial charge >= 0.3 is 6.03 Å². The minimum absolute atomic E-state index is 0.0535. The molecule has 2 aliphatic rings. The summed E-state index contributed by atoms with van der Waals surface area (Å²) in [7, 11) is 0. The average molecular weight is 211 g/mol. The third-order valence-electron chi connectivity index (χ3n) is 3.45.